The van der Waals surface area contributed by atoms with E-state index in [4.69, 9.17) is 18.9 Å². The van der Waals surface area contributed by atoms with Crippen LogP contribution in [0.2, 0.25) is 0 Å². The number of methoxy groups -OCH3 is 3. The number of rotatable bonds is 9. The van der Waals surface area contributed by atoms with Crippen molar-refractivity contribution in [2.24, 2.45) is 11.3 Å². The van der Waals surface area contributed by atoms with Gasteiger partial charge in [-0.3, -0.25) is 4.79 Å². The molecule has 1 saturated carbocycles. The average Bonchev–Trinajstić information content (AvgIpc) is 2.76. The normalized spacial score (nSPS) is 19.0. The molecule has 0 saturated heterocycles. The van der Waals surface area contributed by atoms with Gasteiger partial charge in [-0.1, -0.05) is 27.2 Å². The summed E-state index contributed by atoms with van der Waals surface area (Å²) in [6.45, 7) is 6.53. The van der Waals surface area contributed by atoms with Crippen LogP contribution in [0.1, 0.15) is 63.2 Å². The summed E-state index contributed by atoms with van der Waals surface area (Å²) in [4.78, 5) is 24.8. The summed E-state index contributed by atoms with van der Waals surface area (Å²) in [5, 5.41) is 2.99. The van der Waals surface area contributed by atoms with Gasteiger partial charge in [0.15, 0.2) is 18.1 Å². The summed E-state index contributed by atoms with van der Waals surface area (Å²) in [6, 6.07) is 3.25. The third kappa shape index (κ3) is 5.58. The molecular formula is C23H35NO6. The Kier molecular flexibility index (Phi) is 8.38. The molecule has 7 heteroatoms. The van der Waals surface area contributed by atoms with Crippen LogP contribution < -0.4 is 19.5 Å². The molecular weight excluding hydrogens is 386 g/mol. The molecule has 168 valence electrons. The Morgan fingerprint density at radius 2 is 1.63 bits per heavy atom. The number of carbonyl (C=O) groups excluding carboxylic acids is 2. The van der Waals surface area contributed by atoms with Crippen molar-refractivity contribution in [2.75, 3.05) is 27.9 Å². The monoisotopic (exact) mass is 421 g/mol. The predicted octanol–water partition coefficient (Wildman–Crippen LogP) is 3.98. The molecule has 1 amide bonds. The van der Waals surface area contributed by atoms with E-state index in [1.807, 2.05) is 0 Å². The molecule has 2 rings (SSSR count). The van der Waals surface area contributed by atoms with Gasteiger partial charge in [0.25, 0.3) is 5.91 Å². The standard InChI is InChI=1S/C23H35NO6/c1-7-23(2,3)15-8-10-16(11-9-15)24-19(25)14-30-22(26)17-12-13-18(27-4)21(29-6)20(17)28-5/h12-13,15-16H,7-11,14H2,1-6H3,(H,24,25). The highest BCUT2D eigenvalue weighted by molar-refractivity contribution is 5.95. The van der Waals surface area contributed by atoms with Crippen molar-refractivity contribution in [3.05, 3.63) is 17.7 Å². The minimum atomic E-state index is -0.656. The van der Waals surface area contributed by atoms with Crippen LogP contribution in [0.4, 0.5) is 0 Å². The Morgan fingerprint density at radius 1 is 1.00 bits per heavy atom. The summed E-state index contributed by atoms with van der Waals surface area (Å²) in [5.74, 6) is 0.679. The molecule has 30 heavy (non-hydrogen) atoms. The van der Waals surface area contributed by atoms with Crippen molar-refractivity contribution in [3.8, 4) is 17.2 Å². The molecule has 0 bridgehead atoms. The van der Waals surface area contributed by atoms with Crippen molar-refractivity contribution in [2.45, 2.75) is 58.9 Å². The van der Waals surface area contributed by atoms with Crippen LogP contribution in [0.25, 0.3) is 0 Å². The van der Waals surface area contributed by atoms with Crippen LogP contribution in [0.5, 0.6) is 17.2 Å². The highest BCUT2D eigenvalue weighted by atomic mass is 16.5. The zero-order valence-corrected chi connectivity index (χ0v) is 19.0. The first-order valence-electron chi connectivity index (χ1n) is 10.5. The van der Waals surface area contributed by atoms with Crippen molar-refractivity contribution in [1.82, 2.24) is 5.32 Å². The third-order valence-electron chi connectivity index (χ3n) is 6.37. The fraction of sp³-hybridized carbons (Fsp3) is 0.652. The molecule has 1 aromatic rings. The van der Waals surface area contributed by atoms with Gasteiger partial charge in [0, 0.05) is 6.04 Å². The van der Waals surface area contributed by atoms with Gasteiger partial charge in [-0.15, -0.1) is 0 Å². The molecule has 0 atom stereocenters. The SMILES string of the molecule is CCC(C)(C)C1CCC(NC(=O)COC(=O)c2ccc(OC)c(OC)c2OC)CC1. The number of esters is 1. The van der Waals surface area contributed by atoms with E-state index in [0.29, 0.717) is 22.8 Å². The highest BCUT2D eigenvalue weighted by Gasteiger charge is 2.32. The Labute approximate surface area is 179 Å². The molecule has 1 N–H and O–H groups in total. The van der Waals surface area contributed by atoms with Gasteiger partial charge in [0.05, 0.1) is 21.3 Å². The van der Waals surface area contributed by atoms with Crippen LogP contribution in [0.15, 0.2) is 12.1 Å². The number of amides is 1. The Balaban J connectivity index is 1.89. The second kappa shape index (κ2) is 10.5. The van der Waals surface area contributed by atoms with Crippen LogP contribution in [0, 0.1) is 11.3 Å². The van der Waals surface area contributed by atoms with E-state index in [9.17, 15) is 9.59 Å². The van der Waals surface area contributed by atoms with E-state index >= 15 is 0 Å². The van der Waals surface area contributed by atoms with E-state index in [1.165, 1.54) is 27.4 Å². The molecule has 7 nitrogen and oxygen atoms in total. The largest absolute Gasteiger partial charge is 0.493 e. The van der Waals surface area contributed by atoms with E-state index < -0.39 is 5.97 Å². The van der Waals surface area contributed by atoms with Gasteiger partial charge in [0.1, 0.15) is 5.56 Å². The van der Waals surface area contributed by atoms with Crippen molar-refractivity contribution in [1.29, 1.82) is 0 Å². The number of hydrogen-bond acceptors (Lipinski definition) is 6. The molecule has 1 aliphatic carbocycles. The van der Waals surface area contributed by atoms with Crippen molar-refractivity contribution < 1.29 is 28.5 Å². The summed E-state index contributed by atoms with van der Waals surface area (Å²) in [6.07, 6.45) is 5.28. The van der Waals surface area contributed by atoms with Gasteiger partial charge in [0.2, 0.25) is 5.75 Å². The predicted molar refractivity (Wildman–Crippen MR) is 114 cm³/mol. The maximum absolute atomic E-state index is 12.5. The summed E-state index contributed by atoms with van der Waals surface area (Å²) in [7, 11) is 4.38. The van der Waals surface area contributed by atoms with Crippen molar-refractivity contribution in [3.63, 3.8) is 0 Å². The Bertz CT molecular complexity index is 737. The molecule has 1 aromatic carbocycles. The molecule has 0 aromatic heterocycles. The third-order valence-corrected chi connectivity index (χ3v) is 6.37. The Hall–Kier alpha value is -2.44. The lowest BCUT2D eigenvalue weighted by molar-refractivity contribution is -0.125. The van der Waals surface area contributed by atoms with Gasteiger partial charge in [-0.05, 0) is 49.1 Å². The summed E-state index contributed by atoms with van der Waals surface area (Å²) in [5.41, 5.74) is 0.508. The summed E-state index contributed by atoms with van der Waals surface area (Å²) >= 11 is 0. The lowest BCUT2D eigenvalue weighted by atomic mass is 9.69. The minimum absolute atomic E-state index is 0.135. The van der Waals surface area contributed by atoms with E-state index in [-0.39, 0.29) is 29.9 Å². The minimum Gasteiger partial charge on any atom is -0.493 e. The van der Waals surface area contributed by atoms with Gasteiger partial charge < -0.3 is 24.3 Å². The number of hydrogen-bond donors (Lipinski definition) is 1. The first-order chi connectivity index (χ1) is 14.3. The zero-order chi connectivity index (χ0) is 22.3. The second-order valence-electron chi connectivity index (χ2n) is 8.42. The molecule has 0 unspecified atom stereocenters. The van der Waals surface area contributed by atoms with Crippen molar-refractivity contribution >= 4 is 11.9 Å². The molecule has 0 heterocycles. The highest BCUT2D eigenvalue weighted by Crippen LogP contribution is 2.41. The first-order valence-corrected chi connectivity index (χ1v) is 10.5. The number of carbonyl (C=O) groups is 2. The van der Waals surface area contributed by atoms with Crippen LogP contribution >= 0.6 is 0 Å². The second-order valence-corrected chi connectivity index (χ2v) is 8.42. The number of ether oxygens (including phenoxy) is 4. The quantitative estimate of drug-likeness (QED) is 0.607. The maximum atomic E-state index is 12.5. The van der Waals surface area contributed by atoms with Crippen LogP contribution in [-0.4, -0.2) is 45.9 Å². The van der Waals surface area contributed by atoms with Gasteiger partial charge >= 0.3 is 5.97 Å². The van der Waals surface area contributed by atoms with Crippen LogP contribution in [-0.2, 0) is 9.53 Å². The van der Waals surface area contributed by atoms with Gasteiger partial charge in [-0.2, -0.15) is 0 Å². The van der Waals surface area contributed by atoms with E-state index in [1.54, 1.807) is 6.07 Å². The average molecular weight is 422 g/mol. The van der Waals surface area contributed by atoms with E-state index in [0.717, 1.165) is 32.1 Å². The van der Waals surface area contributed by atoms with Crippen LogP contribution in [0.3, 0.4) is 0 Å². The molecule has 0 aliphatic heterocycles. The first kappa shape index (κ1) is 23.8. The Morgan fingerprint density at radius 3 is 2.17 bits per heavy atom. The maximum Gasteiger partial charge on any atom is 0.342 e. The molecule has 0 radical (unpaired) electrons. The molecule has 1 aliphatic rings. The lowest BCUT2D eigenvalue weighted by Crippen LogP contribution is -2.41. The lowest BCUT2D eigenvalue weighted by Gasteiger charge is -2.39. The number of benzene rings is 1. The smallest absolute Gasteiger partial charge is 0.342 e. The van der Waals surface area contributed by atoms with Gasteiger partial charge in [-0.25, -0.2) is 4.79 Å². The molecule has 1 fully saturated rings. The zero-order valence-electron chi connectivity index (χ0n) is 19.0. The molecule has 0 spiro atoms. The summed E-state index contributed by atoms with van der Waals surface area (Å²) < 4.78 is 21.0. The van der Waals surface area contributed by atoms with E-state index in [2.05, 4.69) is 26.1 Å². The topological polar surface area (TPSA) is 83.1 Å². The fourth-order valence-electron chi connectivity index (χ4n) is 4.05. The fourth-order valence-corrected chi connectivity index (χ4v) is 4.05. The number of nitrogens with one attached hydrogen (secondary N) is 1.